The molecule has 1 amide bonds. The molecule has 0 saturated heterocycles. The first-order valence-electron chi connectivity index (χ1n) is 7.32. The summed E-state index contributed by atoms with van der Waals surface area (Å²) in [5.41, 5.74) is 0.311. The van der Waals surface area contributed by atoms with Crippen LogP contribution in [-0.2, 0) is 10.0 Å². The Kier molecular flexibility index (Phi) is 6.35. The van der Waals surface area contributed by atoms with Crippen LogP contribution in [0.1, 0.15) is 16.8 Å². The molecule has 0 spiro atoms. The molecule has 0 heterocycles. The molecule has 0 aliphatic heterocycles. The van der Waals surface area contributed by atoms with Gasteiger partial charge in [-0.2, -0.15) is 0 Å². The van der Waals surface area contributed by atoms with Crippen LogP contribution in [0.2, 0.25) is 5.02 Å². The highest BCUT2D eigenvalue weighted by atomic mass is 35.5. The maximum atomic E-state index is 12.8. The Morgan fingerprint density at radius 2 is 1.80 bits per heavy atom. The minimum Gasteiger partial charge on any atom is -0.505 e. The lowest BCUT2D eigenvalue weighted by Crippen LogP contribution is -2.30. The molecule has 134 valence electrons. The van der Waals surface area contributed by atoms with Crippen molar-refractivity contribution in [3.63, 3.8) is 0 Å². The van der Waals surface area contributed by atoms with E-state index < -0.39 is 21.6 Å². The fourth-order valence-electron chi connectivity index (χ4n) is 1.99. The standard InChI is InChI=1S/C16H16ClFN2O4S/c17-13-3-1-4-14(15(13)21)25(23,24)20-10-2-9-19-16(22)11-5-7-12(18)8-6-11/h1,3-8,20-21H,2,9-10H2,(H,19,22). The normalized spacial score (nSPS) is 11.3. The van der Waals surface area contributed by atoms with Crippen LogP contribution < -0.4 is 10.0 Å². The van der Waals surface area contributed by atoms with Crippen LogP contribution in [0.4, 0.5) is 4.39 Å². The van der Waals surface area contributed by atoms with Crippen molar-refractivity contribution in [1.29, 1.82) is 0 Å². The molecule has 0 atom stereocenters. The van der Waals surface area contributed by atoms with Crippen molar-refractivity contribution in [1.82, 2.24) is 10.0 Å². The molecule has 2 aromatic carbocycles. The monoisotopic (exact) mass is 386 g/mol. The number of aromatic hydroxyl groups is 1. The predicted molar refractivity (Wildman–Crippen MR) is 91.7 cm³/mol. The Bertz CT molecular complexity index is 857. The second kappa shape index (κ2) is 8.28. The summed E-state index contributed by atoms with van der Waals surface area (Å²) in [5, 5.41) is 12.3. The van der Waals surface area contributed by atoms with Crippen LogP contribution >= 0.6 is 11.6 Å². The molecular formula is C16H16ClFN2O4S. The van der Waals surface area contributed by atoms with Gasteiger partial charge in [0.15, 0.2) is 5.75 Å². The summed E-state index contributed by atoms with van der Waals surface area (Å²) in [5.74, 6) is -1.33. The van der Waals surface area contributed by atoms with E-state index >= 15 is 0 Å². The molecule has 0 aliphatic rings. The van der Waals surface area contributed by atoms with E-state index in [0.29, 0.717) is 12.0 Å². The number of carbonyl (C=O) groups is 1. The third kappa shape index (κ3) is 5.15. The summed E-state index contributed by atoms with van der Waals surface area (Å²) in [7, 11) is -3.91. The minimum atomic E-state index is -3.91. The molecule has 3 N–H and O–H groups in total. The van der Waals surface area contributed by atoms with Gasteiger partial charge in [-0.15, -0.1) is 0 Å². The van der Waals surface area contributed by atoms with Crippen molar-refractivity contribution in [2.45, 2.75) is 11.3 Å². The highest BCUT2D eigenvalue weighted by molar-refractivity contribution is 7.89. The molecule has 0 unspecified atom stereocenters. The first-order chi connectivity index (χ1) is 11.8. The molecular weight excluding hydrogens is 371 g/mol. The Hall–Kier alpha value is -2.16. The van der Waals surface area contributed by atoms with Gasteiger partial charge in [0.1, 0.15) is 10.7 Å². The summed E-state index contributed by atoms with van der Waals surface area (Å²) in [4.78, 5) is 11.5. The van der Waals surface area contributed by atoms with Gasteiger partial charge in [-0.05, 0) is 42.8 Å². The Balaban J connectivity index is 1.81. The maximum absolute atomic E-state index is 12.8. The number of para-hydroxylation sites is 1. The number of rotatable bonds is 7. The molecule has 25 heavy (non-hydrogen) atoms. The van der Waals surface area contributed by atoms with Gasteiger partial charge >= 0.3 is 0 Å². The second-order valence-electron chi connectivity index (χ2n) is 5.10. The minimum absolute atomic E-state index is 0.0536. The van der Waals surface area contributed by atoms with Crippen LogP contribution in [0.25, 0.3) is 0 Å². The molecule has 6 nitrogen and oxygen atoms in total. The lowest BCUT2D eigenvalue weighted by molar-refractivity contribution is 0.0953. The van der Waals surface area contributed by atoms with Crippen molar-refractivity contribution >= 4 is 27.5 Å². The highest BCUT2D eigenvalue weighted by Crippen LogP contribution is 2.30. The zero-order valence-corrected chi connectivity index (χ0v) is 14.6. The zero-order chi connectivity index (χ0) is 18.4. The van der Waals surface area contributed by atoms with Crippen LogP contribution in [0.3, 0.4) is 0 Å². The van der Waals surface area contributed by atoms with Gasteiger partial charge in [0.05, 0.1) is 5.02 Å². The average molecular weight is 387 g/mol. The van der Waals surface area contributed by atoms with Gasteiger partial charge in [-0.25, -0.2) is 17.5 Å². The SMILES string of the molecule is O=C(NCCCNS(=O)(=O)c1cccc(Cl)c1O)c1ccc(F)cc1. The molecule has 0 aromatic heterocycles. The summed E-state index contributed by atoms with van der Waals surface area (Å²) in [6.07, 6.45) is 0.327. The average Bonchev–Trinajstić information content (AvgIpc) is 2.57. The molecule has 2 aromatic rings. The highest BCUT2D eigenvalue weighted by Gasteiger charge is 2.19. The number of phenols is 1. The number of benzene rings is 2. The zero-order valence-electron chi connectivity index (χ0n) is 13.0. The van der Waals surface area contributed by atoms with E-state index in [9.17, 15) is 22.7 Å². The van der Waals surface area contributed by atoms with Gasteiger partial charge in [0.25, 0.3) is 5.91 Å². The third-order valence-corrected chi connectivity index (χ3v) is 5.07. The largest absolute Gasteiger partial charge is 0.505 e. The van der Waals surface area contributed by atoms with Gasteiger partial charge in [-0.3, -0.25) is 4.79 Å². The summed E-state index contributed by atoms with van der Waals surface area (Å²) in [6, 6.07) is 9.10. The van der Waals surface area contributed by atoms with Crippen molar-refractivity contribution in [2.24, 2.45) is 0 Å². The molecule has 2 rings (SSSR count). The second-order valence-corrected chi connectivity index (χ2v) is 7.24. The fourth-order valence-corrected chi connectivity index (χ4v) is 3.41. The van der Waals surface area contributed by atoms with Crippen molar-refractivity contribution in [3.8, 4) is 5.75 Å². The number of hydrogen-bond donors (Lipinski definition) is 3. The molecule has 9 heteroatoms. The molecule has 0 bridgehead atoms. The molecule has 0 saturated carbocycles. The smallest absolute Gasteiger partial charge is 0.251 e. The van der Waals surface area contributed by atoms with Crippen molar-refractivity contribution < 1.29 is 22.7 Å². The van der Waals surface area contributed by atoms with E-state index in [0.717, 1.165) is 0 Å². The van der Waals surface area contributed by atoms with E-state index in [4.69, 9.17) is 11.6 Å². The Morgan fingerprint density at radius 1 is 1.12 bits per heavy atom. The summed E-state index contributed by atoms with van der Waals surface area (Å²) < 4.78 is 39.3. The number of phenolic OH excluding ortho intramolecular Hbond substituents is 1. The third-order valence-electron chi connectivity index (χ3n) is 3.28. The van der Waals surface area contributed by atoms with E-state index in [1.54, 1.807) is 0 Å². The van der Waals surface area contributed by atoms with E-state index in [1.807, 2.05) is 0 Å². The van der Waals surface area contributed by atoms with Crippen LogP contribution in [0.5, 0.6) is 5.75 Å². The molecule has 0 aliphatic carbocycles. The van der Waals surface area contributed by atoms with Crippen molar-refractivity contribution in [2.75, 3.05) is 13.1 Å². The lowest BCUT2D eigenvalue weighted by Gasteiger charge is -2.09. The van der Waals surface area contributed by atoms with Gasteiger partial charge in [0.2, 0.25) is 10.0 Å². The number of halogens is 2. The number of carbonyl (C=O) groups excluding carboxylic acids is 1. The molecule has 0 fully saturated rings. The van der Waals surface area contributed by atoms with Crippen LogP contribution in [0.15, 0.2) is 47.4 Å². The topological polar surface area (TPSA) is 95.5 Å². The predicted octanol–water partition coefficient (Wildman–Crippen LogP) is 2.28. The first-order valence-corrected chi connectivity index (χ1v) is 9.18. The quantitative estimate of drug-likeness (QED) is 0.636. The van der Waals surface area contributed by atoms with Crippen molar-refractivity contribution in [3.05, 3.63) is 58.9 Å². The van der Waals surface area contributed by atoms with Gasteiger partial charge < -0.3 is 10.4 Å². The first kappa shape index (κ1) is 19.2. The van der Waals surface area contributed by atoms with E-state index in [-0.39, 0.29) is 28.9 Å². The van der Waals surface area contributed by atoms with E-state index in [2.05, 4.69) is 10.0 Å². The van der Waals surface area contributed by atoms with E-state index in [1.165, 1.54) is 42.5 Å². The Labute approximate surface area is 149 Å². The van der Waals surface area contributed by atoms with Gasteiger partial charge in [-0.1, -0.05) is 17.7 Å². The van der Waals surface area contributed by atoms with Crippen LogP contribution in [0, 0.1) is 5.82 Å². The fraction of sp³-hybridized carbons (Fsp3) is 0.188. The molecule has 0 radical (unpaired) electrons. The number of sulfonamides is 1. The number of nitrogens with one attached hydrogen (secondary N) is 2. The van der Waals surface area contributed by atoms with Crippen LogP contribution in [-0.4, -0.2) is 32.5 Å². The van der Waals surface area contributed by atoms with Gasteiger partial charge in [0, 0.05) is 18.7 Å². The maximum Gasteiger partial charge on any atom is 0.251 e. The summed E-state index contributed by atoms with van der Waals surface area (Å²) >= 11 is 5.69. The number of amides is 1. The summed E-state index contributed by atoms with van der Waals surface area (Å²) in [6.45, 7) is 0.276. The Morgan fingerprint density at radius 3 is 2.48 bits per heavy atom. The number of hydrogen-bond acceptors (Lipinski definition) is 4. The lowest BCUT2D eigenvalue weighted by atomic mass is 10.2.